The highest BCUT2D eigenvalue weighted by atomic mass is 16.1. The van der Waals surface area contributed by atoms with Crippen LogP contribution in [0.5, 0.6) is 0 Å². The highest BCUT2D eigenvalue weighted by Crippen LogP contribution is 2.26. The van der Waals surface area contributed by atoms with Crippen molar-refractivity contribution in [2.24, 2.45) is 5.92 Å². The molecule has 0 saturated carbocycles. The van der Waals surface area contributed by atoms with Gasteiger partial charge in [-0.25, -0.2) is 0 Å². The molecule has 0 aromatic carbocycles. The summed E-state index contributed by atoms with van der Waals surface area (Å²) in [6.07, 6.45) is 11.1. The highest BCUT2D eigenvalue weighted by molar-refractivity contribution is 5.78. The van der Waals surface area contributed by atoms with Crippen LogP contribution in [0.25, 0.3) is 0 Å². The first-order chi connectivity index (χ1) is 5.81. The van der Waals surface area contributed by atoms with Gasteiger partial charge in [-0.15, -0.1) is 0 Å². The van der Waals surface area contributed by atoms with E-state index in [4.69, 9.17) is 0 Å². The molecule has 0 fully saturated rings. The van der Waals surface area contributed by atoms with Crippen molar-refractivity contribution >= 4 is 6.29 Å². The Hall–Kier alpha value is -1.31. The summed E-state index contributed by atoms with van der Waals surface area (Å²) in [5, 5.41) is 0. The minimum atomic E-state index is 0.389. The van der Waals surface area contributed by atoms with Crippen LogP contribution in [0.2, 0.25) is 0 Å². The largest absolute Gasteiger partial charge is 0.373 e. The Morgan fingerprint density at radius 2 is 2.33 bits per heavy atom. The van der Waals surface area contributed by atoms with E-state index in [-0.39, 0.29) is 0 Å². The second kappa shape index (κ2) is 2.63. The van der Waals surface area contributed by atoms with Crippen LogP contribution in [-0.2, 0) is 4.79 Å². The summed E-state index contributed by atoms with van der Waals surface area (Å²) >= 11 is 0. The van der Waals surface area contributed by atoms with E-state index in [2.05, 4.69) is 23.3 Å². The Balaban J connectivity index is 2.26. The summed E-state index contributed by atoms with van der Waals surface area (Å²) in [5.41, 5.74) is 0.788. The Morgan fingerprint density at radius 1 is 1.50 bits per heavy atom. The fraction of sp³-hybridized carbons (Fsp3) is 0.300. The van der Waals surface area contributed by atoms with Gasteiger partial charge in [-0.3, -0.25) is 4.79 Å². The number of hydrogen-bond donors (Lipinski definition) is 0. The van der Waals surface area contributed by atoms with Crippen LogP contribution in [0, 0.1) is 5.92 Å². The Labute approximate surface area is 71.9 Å². The molecule has 2 nitrogen and oxygen atoms in total. The fourth-order valence-corrected chi connectivity index (χ4v) is 1.70. The zero-order chi connectivity index (χ0) is 8.55. The molecule has 0 aromatic heterocycles. The maximum atomic E-state index is 10.5. The summed E-state index contributed by atoms with van der Waals surface area (Å²) in [6.45, 7) is 0. The van der Waals surface area contributed by atoms with E-state index in [9.17, 15) is 4.79 Å². The van der Waals surface area contributed by atoms with Gasteiger partial charge in [0.05, 0.1) is 6.04 Å². The number of carbonyl (C=O) groups excluding carboxylic acids is 1. The molecule has 2 rings (SSSR count). The number of likely N-dealkylation sites (N-methyl/N-ethyl adjacent to an activating group) is 1. The monoisotopic (exact) mass is 161 g/mol. The van der Waals surface area contributed by atoms with E-state index in [0.29, 0.717) is 12.0 Å². The summed E-state index contributed by atoms with van der Waals surface area (Å²) < 4.78 is 0. The lowest BCUT2D eigenvalue weighted by Gasteiger charge is -2.24. The molecule has 2 unspecified atom stereocenters. The van der Waals surface area contributed by atoms with Crippen LogP contribution < -0.4 is 0 Å². The molecule has 1 heterocycles. The van der Waals surface area contributed by atoms with E-state index in [1.54, 1.807) is 0 Å². The molecule has 0 saturated heterocycles. The first kappa shape index (κ1) is 7.35. The predicted molar refractivity (Wildman–Crippen MR) is 47.5 cm³/mol. The Kier molecular flexibility index (Phi) is 1.61. The highest BCUT2D eigenvalue weighted by Gasteiger charge is 2.25. The first-order valence-electron chi connectivity index (χ1n) is 4.07. The molecule has 2 atom stereocenters. The lowest BCUT2D eigenvalue weighted by molar-refractivity contribution is -0.104. The molecule has 0 aromatic rings. The maximum absolute atomic E-state index is 10.5. The van der Waals surface area contributed by atoms with E-state index in [1.165, 1.54) is 0 Å². The molecule has 2 heteroatoms. The van der Waals surface area contributed by atoms with Crippen molar-refractivity contribution in [1.29, 1.82) is 0 Å². The van der Waals surface area contributed by atoms with Gasteiger partial charge in [-0.1, -0.05) is 24.3 Å². The first-order valence-corrected chi connectivity index (χ1v) is 4.07. The second-order valence-electron chi connectivity index (χ2n) is 3.22. The van der Waals surface area contributed by atoms with Crippen molar-refractivity contribution in [3.05, 3.63) is 36.1 Å². The Morgan fingerprint density at radius 3 is 3.08 bits per heavy atom. The number of hydrogen-bond acceptors (Lipinski definition) is 2. The molecule has 0 N–H and O–H groups in total. The van der Waals surface area contributed by atoms with Gasteiger partial charge in [-0.2, -0.15) is 0 Å². The van der Waals surface area contributed by atoms with Crippen molar-refractivity contribution in [2.75, 3.05) is 7.05 Å². The smallest absolute Gasteiger partial charge is 0.149 e. The quantitative estimate of drug-likeness (QED) is 0.537. The molecular weight excluding hydrogens is 150 g/mol. The van der Waals surface area contributed by atoms with Gasteiger partial charge in [-0.05, 0) is 6.20 Å². The summed E-state index contributed by atoms with van der Waals surface area (Å²) in [5.74, 6) is 0.389. The number of rotatable bonds is 1. The van der Waals surface area contributed by atoms with Gasteiger partial charge in [0.1, 0.15) is 6.29 Å². The minimum absolute atomic E-state index is 0.389. The van der Waals surface area contributed by atoms with Crippen LogP contribution in [0.1, 0.15) is 0 Å². The second-order valence-corrected chi connectivity index (χ2v) is 3.22. The molecule has 62 valence electrons. The van der Waals surface area contributed by atoms with Gasteiger partial charge >= 0.3 is 0 Å². The molecule has 0 amide bonds. The number of carbonyl (C=O) groups is 1. The number of fused-ring (bicyclic) bond motifs is 1. The van der Waals surface area contributed by atoms with Crippen molar-refractivity contribution in [3.63, 3.8) is 0 Å². The summed E-state index contributed by atoms with van der Waals surface area (Å²) in [7, 11) is 2.05. The molecule has 0 spiro atoms. The fourth-order valence-electron chi connectivity index (χ4n) is 1.70. The van der Waals surface area contributed by atoms with Crippen LogP contribution in [-0.4, -0.2) is 24.3 Å². The third-order valence-corrected chi connectivity index (χ3v) is 2.41. The van der Waals surface area contributed by atoms with Crippen LogP contribution in [0.15, 0.2) is 36.1 Å². The third-order valence-electron chi connectivity index (χ3n) is 2.41. The topological polar surface area (TPSA) is 20.3 Å². The van der Waals surface area contributed by atoms with Gasteiger partial charge in [0, 0.05) is 18.5 Å². The van der Waals surface area contributed by atoms with Crippen LogP contribution in [0.3, 0.4) is 0 Å². The van der Waals surface area contributed by atoms with Crippen molar-refractivity contribution in [3.8, 4) is 0 Å². The van der Waals surface area contributed by atoms with E-state index in [1.807, 2.05) is 19.2 Å². The molecular formula is C10H11NO. The lowest BCUT2D eigenvalue weighted by Crippen LogP contribution is -2.27. The van der Waals surface area contributed by atoms with Gasteiger partial charge in [0.25, 0.3) is 0 Å². The maximum Gasteiger partial charge on any atom is 0.149 e. The predicted octanol–water partition coefficient (Wildman–Crippen LogP) is 1.13. The lowest BCUT2D eigenvalue weighted by atomic mass is 9.93. The van der Waals surface area contributed by atoms with Crippen molar-refractivity contribution < 1.29 is 4.79 Å². The Bertz CT molecular complexity index is 288. The molecule has 1 aliphatic heterocycles. The molecule has 0 radical (unpaired) electrons. The third kappa shape index (κ3) is 0.998. The van der Waals surface area contributed by atoms with Gasteiger partial charge in [0.15, 0.2) is 0 Å². The number of allylic oxidation sites excluding steroid dienone is 2. The van der Waals surface area contributed by atoms with Crippen molar-refractivity contribution in [2.45, 2.75) is 6.04 Å². The van der Waals surface area contributed by atoms with E-state index >= 15 is 0 Å². The van der Waals surface area contributed by atoms with Crippen molar-refractivity contribution in [1.82, 2.24) is 4.90 Å². The normalized spacial score (nSPS) is 31.8. The zero-order valence-corrected chi connectivity index (χ0v) is 6.97. The number of nitrogens with zero attached hydrogens (tertiary/aromatic N) is 1. The molecule has 2 aliphatic rings. The summed E-state index contributed by atoms with van der Waals surface area (Å²) in [4.78, 5) is 12.6. The average Bonchev–Trinajstić information content (AvgIpc) is 2.47. The molecule has 0 bridgehead atoms. The van der Waals surface area contributed by atoms with E-state index < -0.39 is 0 Å². The van der Waals surface area contributed by atoms with Gasteiger partial charge < -0.3 is 4.90 Å². The summed E-state index contributed by atoms with van der Waals surface area (Å²) in [6, 6.07) is 0.425. The minimum Gasteiger partial charge on any atom is -0.373 e. The standard InChI is InChI=1S/C10H11NO/c1-11-5-4-9-6-8(7-12)2-3-10(9)11/h2-7,9-10H,1H3. The van der Waals surface area contributed by atoms with E-state index in [0.717, 1.165) is 11.9 Å². The molecule has 1 aliphatic carbocycles. The SMILES string of the molecule is CN1C=CC2C=C(C=O)C=CC21. The van der Waals surface area contributed by atoms with Crippen LogP contribution in [0.4, 0.5) is 0 Å². The average molecular weight is 161 g/mol. The van der Waals surface area contributed by atoms with Gasteiger partial charge in [0.2, 0.25) is 0 Å². The zero-order valence-electron chi connectivity index (χ0n) is 6.97. The van der Waals surface area contributed by atoms with Crippen LogP contribution >= 0.6 is 0 Å². The molecule has 12 heavy (non-hydrogen) atoms. The number of aldehydes is 1.